The Morgan fingerprint density at radius 3 is 2.34 bits per heavy atom. The summed E-state index contributed by atoms with van der Waals surface area (Å²) in [4.78, 5) is 9.24. The molecule has 0 atom stereocenters. The first-order chi connectivity index (χ1) is 15.5. The van der Waals surface area contributed by atoms with E-state index in [0.29, 0.717) is 35.3 Å². The third-order valence-corrected chi connectivity index (χ3v) is 5.08. The lowest BCUT2D eigenvalue weighted by atomic mass is 10.1. The van der Waals surface area contributed by atoms with E-state index in [1.165, 1.54) is 5.56 Å². The highest BCUT2D eigenvalue weighted by Crippen LogP contribution is 2.28. The van der Waals surface area contributed by atoms with Gasteiger partial charge in [-0.05, 0) is 56.2 Å². The molecule has 2 aromatic heterocycles. The number of benzene rings is 2. The van der Waals surface area contributed by atoms with Crippen LogP contribution in [0.4, 0.5) is 0 Å². The van der Waals surface area contributed by atoms with E-state index in [1.807, 2.05) is 41.1 Å². The molecular formula is C25H26N4O3. The molecule has 2 aromatic carbocycles. The van der Waals surface area contributed by atoms with E-state index in [2.05, 4.69) is 48.0 Å². The van der Waals surface area contributed by atoms with Crippen molar-refractivity contribution in [2.75, 3.05) is 13.7 Å². The first-order valence-electron chi connectivity index (χ1n) is 10.4. The average Bonchev–Trinajstić information content (AvgIpc) is 3.17. The maximum atomic E-state index is 9.39. The molecule has 4 aromatic rings. The molecule has 0 spiro atoms. The molecular weight excluding hydrogens is 404 g/mol. The lowest BCUT2D eigenvalue weighted by Gasteiger charge is -2.13. The first kappa shape index (κ1) is 21.5. The topological polar surface area (TPSA) is 82.3 Å². The van der Waals surface area contributed by atoms with E-state index >= 15 is 0 Å². The highest BCUT2D eigenvalue weighted by atomic mass is 16.5. The maximum absolute atomic E-state index is 9.39. The van der Waals surface area contributed by atoms with Crippen LogP contribution in [0.3, 0.4) is 0 Å². The highest BCUT2D eigenvalue weighted by Gasteiger charge is 2.18. The molecule has 0 amide bonds. The molecule has 2 heterocycles. The van der Waals surface area contributed by atoms with E-state index in [1.54, 1.807) is 13.3 Å². The summed E-state index contributed by atoms with van der Waals surface area (Å²) in [5, 5.41) is 14.1. The molecule has 0 saturated carbocycles. The van der Waals surface area contributed by atoms with Gasteiger partial charge in [0.1, 0.15) is 22.9 Å². The van der Waals surface area contributed by atoms with Gasteiger partial charge in [0.15, 0.2) is 11.6 Å². The second-order valence-corrected chi connectivity index (χ2v) is 7.64. The minimum absolute atomic E-state index is 0.0178. The zero-order valence-electron chi connectivity index (χ0n) is 18.7. The molecule has 0 aliphatic carbocycles. The normalized spacial score (nSPS) is 10.9. The Balaban J connectivity index is 1.70. The largest absolute Gasteiger partial charge is 0.497 e. The summed E-state index contributed by atoms with van der Waals surface area (Å²) in [5.41, 5.74) is 5.03. The van der Waals surface area contributed by atoms with Crippen molar-refractivity contribution in [3.63, 3.8) is 0 Å². The third kappa shape index (κ3) is 4.48. The van der Waals surface area contributed by atoms with Gasteiger partial charge in [-0.25, -0.2) is 14.6 Å². The van der Waals surface area contributed by atoms with Gasteiger partial charge < -0.3 is 14.6 Å². The molecule has 164 valence electrons. The number of rotatable bonds is 7. The van der Waals surface area contributed by atoms with Crippen LogP contribution in [0.1, 0.15) is 22.5 Å². The van der Waals surface area contributed by atoms with Crippen molar-refractivity contribution in [1.29, 1.82) is 0 Å². The average molecular weight is 431 g/mol. The number of nitrogens with zero attached hydrogens (tertiary/aromatic N) is 4. The fraction of sp³-hybridized carbons (Fsp3) is 0.240. The summed E-state index contributed by atoms with van der Waals surface area (Å²) in [6.45, 7) is 6.18. The Labute approximate surface area is 187 Å². The molecule has 0 radical (unpaired) electrons. The van der Waals surface area contributed by atoms with Gasteiger partial charge in [0.2, 0.25) is 0 Å². The lowest BCUT2D eigenvalue weighted by molar-refractivity contribution is 0.296. The number of aromatic nitrogens is 4. The van der Waals surface area contributed by atoms with Gasteiger partial charge in [-0.2, -0.15) is 5.10 Å². The number of aryl methyl sites for hydroxylation is 3. The predicted molar refractivity (Wildman–Crippen MR) is 123 cm³/mol. The number of hydrogen-bond donors (Lipinski definition) is 1. The number of ether oxygens (including phenoxy) is 2. The molecule has 0 fully saturated rings. The second kappa shape index (κ2) is 9.20. The monoisotopic (exact) mass is 430 g/mol. The van der Waals surface area contributed by atoms with Crippen LogP contribution in [0, 0.1) is 20.8 Å². The summed E-state index contributed by atoms with van der Waals surface area (Å²) in [7, 11) is 1.62. The van der Waals surface area contributed by atoms with Gasteiger partial charge >= 0.3 is 0 Å². The Morgan fingerprint density at radius 2 is 1.69 bits per heavy atom. The zero-order chi connectivity index (χ0) is 22.7. The number of pyridine rings is 1. The van der Waals surface area contributed by atoms with Gasteiger partial charge in [0.05, 0.1) is 25.6 Å². The number of methoxy groups -OCH3 is 1. The third-order valence-electron chi connectivity index (χ3n) is 5.08. The van der Waals surface area contributed by atoms with E-state index < -0.39 is 0 Å². The summed E-state index contributed by atoms with van der Waals surface area (Å²) < 4.78 is 13.0. The van der Waals surface area contributed by atoms with Gasteiger partial charge in [-0.1, -0.05) is 23.8 Å². The van der Waals surface area contributed by atoms with Gasteiger partial charge in [0.25, 0.3) is 0 Å². The SMILES string of the molecule is COc1cccc(Oc2ccc(-c3nc(CCO)nn3-c3c(C)cc(C)cc3C)nc2)c1. The van der Waals surface area contributed by atoms with Gasteiger partial charge in [0, 0.05) is 12.5 Å². The number of aliphatic hydroxyl groups is 1. The maximum Gasteiger partial charge on any atom is 0.181 e. The number of hydrogen-bond acceptors (Lipinski definition) is 6. The zero-order valence-corrected chi connectivity index (χ0v) is 18.7. The second-order valence-electron chi connectivity index (χ2n) is 7.64. The standard InChI is InChI=1S/C25H26N4O3/c1-16-12-17(2)24(18(3)13-16)29-25(27-23(28-29)10-11-30)22-9-8-21(15-26-22)32-20-7-5-6-19(14-20)31-4/h5-9,12-15,30H,10-11H2,1-4H3. The van der Waals surface area contributed by atoms with Crippen molar-refractivity contribution in [2.24, 2.45) is 0 Å². The van der Waals surface area contributed by atoms with E-state index in [0.717, 1.165) is 22.6 Å². The van der Waals surface area contributed by atoms with Crippen LogP contribution in [0.25, 0.3) is 17.2 Å². The molecule has 0 bridgehead atoms. The van der Waals surface area contributed by atoms with Crippen molar-refractivity contribution in [2.45, 2.75) is 27.2 Å². The minimum atomic E-state index is -0.0178. The molecule has 7 heteroatoms. The smallest absolute Gasteiger partial charge is 0.181 e. The summed E-state index contributed by atoms with van der Waals surface area (Å²) >= 11 is 0. The predicted octanol–water partition coefficient (Wildman–Crippen LogP) is 4.59. The Bertz CT molecular complexity index is 1210. The fourth-order valence-electron chi connectivity index (χ4n) is 3.76. The van der Waals surface area contributed by atoms with Crippen LogP contribution in [-0.2, 0) is 6.42 Å². The van der Waals surface area contributed by atoms with Crippen LogP contribution in [0.15, 0.2) is 54.7 Å². The molecule has 7 nitrogen and oxygen atoms in total. The summed E-state index contributed by atoms with van der Waals surface area (Å²) in [5.74, 6) is 3.18. The molecule has 0 saturated heterocycles. The van der Waals surface area contributed by atoms with E-state index in [9.17, 15) is 5.11 Å². The van der Waals surface area contributed by atoms with E-state index in [-0.39, 0.29) is 6.61 Å². The highest BCUT2D eigenvalue weighted by molar-refractivity contribution is 5.58. The Kier molecular flexibility index (Phi) is 6.18. The fourth-order valence-corrected chi connectivity index (χ4v) is 3.76. The van der Waals surface area contributed by atoms with Gasteiger partial charge in [-0.15, -0.1) is 0 Å². The van der Waals surface area contributed by atoms with Crippen LogP contribution in [-0.4, -0.2) is 38.6 Å². The first-order valence-corrected chi connectivity index (χ1v) is 10.4. The lowest BCUT2D eigenvalue weighted by Crippen LogP contribution is -2.06. The Morgan fingerprint density at radius 1 is 0.938 bits per heavy atom. The van der Waals surface area contributed by atoms with Crippen molar-refractivity contribution in [3.8, 4) is 34.5 Å². The van der Waals surface area contributed by atoms with Crippen LogP contribution >= 0.6 is 0 Å². The Hall–Kier alpha value is -3.71. The number of aliphatic hydroxyl groups excluding tert-OH is 1. The molecule has 1 N–H and O–H groups in total. The van der Waals surface area contributed by atoms with Crippen LogP contribution in [0.2, 0.25) is 0 Å². The molecule has 0 aliphatic rings. The molecule has 0 aliphatic heterocycles. The van der Waals surface area contributed by atoms with Crippen molar-refractivity contribution in [1.82, 2.24) is 19.7 Å². The van der Waals surface area contributed by atoms with E-state index in [4.69, 9.17) is 9.47 Å². The molecule has 32 heavy (non-hydrogen) atoms. The van der Waals surface area contributed by atoms with Crippen molar-refractivity contribution < 1.29 is 14.6 Å². The van der Waals surface area contributed by atoms with Crippen molar-refractivity contribution in [3.05, 3.63) is 77.2 Å². The van der Waals surface area contributed by atoms with Crippen LogP contribution in [0.5, 0.6) is 17.2 Å². The summed E-state index contributed by atoms with van der Waals surface area (Å²) in [6, 6.07) is 15.4. The van der Waals surface area contributed by atoms with Crippen LogP contribution < -0.4 is 9.47 Å². The van der Waals surface area contributed by atoms with Crippen molar-refractivity contribution >= 4 is 0 Å². The molecule has 4 rings (SSSR count). The van der Waals surface area contributed by atoms with Gasteiger partial charge in [-0.3, -0.25) is 0 Å². The minimum Gasteiger partial charge on any atom is -0.497 e. The summed E-state index contributed by atoms with van der Waals surface area (Å²) in [6.07, 6.45) is 2.04. The molecule has 0 unspecified atom stereocenters. The quantitative estimate of drug-likeness (QED) is 0.462.